The number of carbonyl (C=O) groups is 2. The minimum atomic E-state index is -1.52. The third kappa shape index (κ3) is 7.83. The molecule has 0 bridgehead atoms. The van der Waals surface area contributed by atoms with Gasteiger partial charge >= 0.3 is 11.3 Å². The second kappa shape index (κ2) is 16.8. The molecule has 3 aromatic heterocycles. The van der Waals surface area contributed by atoms with Gasteiger partial charge < -0.3 is 83.5 Å². The molecule has 21 nitrogen and oxygen atoms in total. The van der Waals surface area contributed by atoms with Crippen LogP contribution in [0.2, 0.25) is 0 Å². The van der Waals surface area contributed by atoms with Crippen LogP contribution in [0.1, 0.15) is 65.2 Å². The van der Waals surface area contributed by atoms with E-state index in [0.29, 0.717) is 0 Å². The lowest BCUT2D eigenvalue weighted by Crippen LogP contribution is -2.63. The Morgan fingerprint density at radius 2 is 1.05 bits per heavy atom. The number of hydrogen-bond acceptors (Lipinski definition) is 18. The SMILES string of the molecule is CO[C@@H]1[C@@H](O)[C@@H](O)[C@H](Oc2ccc3c(O)c(NC(=O)c4c[nH]c(C(=O)Nc5c(O)c6ccc(O[C@@H]7OC(C)(C)[C@H](OC)[C@@H](O)[C@H]7O)c(C)c6oc5=O)c4C)c(=O)oc3c2C)OC1(C)C. The fourth-order valence-electron chi connectivity index (χ4n) is 8.19. The Bertz CT molecular complexity index is 2590. The highest BCUT2D eigenvalue weighted by Crippen LogP contribution is 2.40. The molecule has 5 heterocycles. The van der Waals surface area contributed by atoms with Gasteiger partial charge in [-0.15, -0.1) is 0 Å². The van der Waals surface area contributed by atoms with Gasteiger partial charge in [-0.1, -0.05) is 0 Å². The topological polar surface area (TPSA) is 311 Å². The molecule has 2 saturated heterocycles. The molecule has 0 aliphatic carbocycles. The van der Waals surface area contributed by atoms with E-state index in [2.05, 4.69) is 15.6 Å². The molecule has 0 radical (unpaired) electrons. The van der Waals surface area contributed by atoms with Crippen molar-refractivity contribution >= 4 is 45.1 Å². The molecule has 5 aromatic rings. The number of carbonyl (C=O) groups excluding carboxylic acids is 2. The number of nitrogens with one attached hydrogen (secondary N) is 3. The Kier molecular flexibility index (Phi) is 12.1. The molecular formula is C43H49N3O18. The number of ether oxygens (including phenoxy) is 6. The van der Waals surface area contributed by atoms with Crippen molar-refractivity contribution in [3.8, 4) is 23.0 Å². The van der Waals surface area contributed by atoms with Crippen LogP contribution < -0.4 is 31.4 Å². The van der Waals surface area contributed by atoms with Gasteiger partial charge in [-0.3, -0.25) is 9.59 Å². The first-order valence-electron chi connectivity index (χ1n) is 19.9. The van der Waals surface area contributed by atoms with E-state index in [9.17, 15) is 49.8 Å². The zero-order valence-corrected chi connectivity index (χ0v) is 36.1. The molecule has 0 spiro atoms. The van der Waals surface area contributed by atoms with Crippen LogP contribution in [0.3, 0.4) is 0 Å². The van der Waals surface area contributed by atoms with Gasteiger partial charge in [-0.05, 0) is 78.3 Å². The van der Waals surface area contributed by atoms with Crippen LogP contribution in [-0.2, 0) is 18.9 Å². The van der Waals surface area contributed by atoms with E-state index >= 15 is 0 Å². The van der Waals surface area contributed by atoms with E-state index in [1.807, 2.05) is 0 Å². The highest BCUT2D eigenvalue weighted by Gasteiger charge is 2.52. The molecule has 344 valence electrons. The molecule has 2 aliphatic heterocycles. The number of H-pyrrole nitrogens is 1. The molecule has 0 saturated carbocycles. The minimum Gasteiger partial charge on any atom is -0.505 e. The molecule has 8 atom stereocenters. The summed E-state index contributed by atoms with van der Waals surface area (Å²) in [7, 11) is 2.74. The predicted octanol–water partition coefficient (Wildman–Crippen LogP) is 2.57. The summed E-state index contributed by atoms with van der Waals surface area (Å²) in [6, 6.07) is 5.51. The zero-order chi connectivity index (χ0) is 46.9. The van der Waals surface area contributed by atoms with E-state index in [1.54, 1.807) is 27.7 Å². The normalized spacial score (nSPS) is 25.3. The van der Waals surface area contributed by atoms with Gasteiger partial charge in [-0.25, -0.2) is 9.59 Å². The molecular weight excluding hydrogens is 846 g/mol. The van der Waals surface area contributed by atoms with Crippen LogP contribution >= 0.6 is 0 Å². The molecule has 0 unspecified atom stereocenters. The second-order valence-electron chi connectivity index (χ2n) is 16.7. The van der Waals surface area contributed by atoms with E-state index in [-0.39, 0.29) is 61.4 Å². The first-order chi connectivity index (χ1) is 30.0. The van der Waals surface area contributed by atoms with E-state index < -0.39 is 106 Å². The number of aliphatic hydroxyl groups is 4. The van der Waals surface area contributed by atoms with Crippen LogP contribution in [0.25, 0.3) is 21.9 Å². The van der Waals surface area contributed by atoms with E-state index in [1.165, 1.54) is 59.3 Å². The molecule has 64 heavy (non-hydrogen) atoms. The van der Waals surface area contributed by atoms with Crippen molar-refractivity contribution in [2.45, 2.75) is 109 Å². The first kappa shape index (κ1) is 46.0. The van der Waals surface area contributed by atoms with Crippen LogP contribution in [0.5, 0.6) is 23.0 Å². The highest BCUT2D eigenvalue weighted by atomic mass is 16.7. The predicted molar refractivity (Wildman–Crippen MR) is 224 cm³/mol. The maximum Gasteiger partial charge on any atom is 0.364 e. The van der Waals surface area contributed by atoms with Crippen molar-refractivity contribution in [1.29, 1.82) is 0 Å². The molecule has 21 heteroatoms. The third-order valence-corrected chi connectivity index (χ3v) is 11.7. The summed E-state index contributed by atoms with van der Waals surface area (Å²) >= 11 is 0. The molecule has 2 amide bonds. The molecule has 2 aliphatic rings. The Morgan fingerprint density at radius 1 is 0.641 bits per heavy atom. The number of methoxy groups -OCH3 is 2. The number of amides is 2. The monoisotopic (exact) mass is 895 g/mol. The quantitative estimate of drug-likeness (QED) is 0.0910. The van der Waals surface area contributed by atoms with Gasteiger partial charge in [0.15, 0.2) is 22.9 Å². The average Bonchev–Trinajstić information content (AvgIpc) is 3.62. The smallest absolute Gasteiger partial charge is 0.364 e. The zero-order valence-electron chi connectivity index (χ0n) is 36.1. The van der Waals surface area contributed by atoms with Crippen LogP contribution in [0.4, 0.5) is 11.4 Å². The summed E-state index contributed by atoms with van der Waals surface area (Å²) in [6.07, 6.45) is -9.04. The summed E-state index contributed by atoms with van der Waals surface area (Å²) < 4.78 is 45.2. The van der Waals surface area contributed by atoms with Gasteiger partial charge in [0.05, 0.1) is 27.5 Å². The van der Waals surface area contributed by atoms with Crippen molar-refractivity contribution in [2.75, 3.05) is 24.9 Å². The van der Waals surface area contributed by atoms with Gasteiger partial charge in [-0.2, -0.15) is 0 Å². The molecule has 9 N–H and O–H groups in total. The Morgan fingerprint density at radius 3 is 1.45 bits per heavy atom. The number of hydrogen-bond donors (Lipinski definition) is 9. The number of aromatic hydroxyl groups is 2. The number of aryl methyl sites for hydroxylation is 2. The van der Waals surface area contributed by atoms with Crippen LogP contribution in [0, 0.1) is 20.8 Å². The number of benzene rings is 2. The summed E-state index contributed by atoms with van der Waals surface area (Å²) in [5.41, 5.74) is -5.77. The fraction of sp³-hybridized carbons (Fsp3) is 0.442. The number of rotatable bonds is 10. The first-order valence-corrected chi connectivity index (χ1v) is 19.9. The van der Waals surface area contributed by atoms with E-state index in [0.717, 1.165) is 6.20 Å². The van der Waals surface area contributed by atoms with Gasteiger partial charge in [0.25, 0.3) is 11.8 Å². The summed E-state index contributed by atoms with van der Waals surface area (Å²) in [6.45, 7) is 11.0. The lowest BCUT2D eigenvalue weighted by molar-refractivity contribution is -0.306. The lowest BCUT2D eigenvalue weighted by Gasteiger charge is -2.46. The molecule has 2 fully saturated rings. The molecule has 2 aromatic carbocycles. The van der Waals surface area contributed by atoms with Crippen molar-refractivity contribution in [3.05, 3.63) is 79.3 Å². The minimum absolute atomic E-state index is 0.00229. The number of fused-ring (bicyclic) bond motifs is 2. The number of aromatic amines is 1. The summed E-state index contributed by atoms with van der Waals surface area (Å²) in [4.78, 5) is 56.1. The summed E-state index contributed by atoms with van der Waals surface area (Å²) in [5, 5.41) is 69.7. The van der Waals surface area contributed by atoms with Crippen LogP contribution in [-0.4, -0.2) is 122 Å². The van der Waals surface area contributed by atoms with Crippen molar-refractivity contribution in [2.24, 2.45) is 0 Å². The second-order valence-corrected chi connectivity index (χ2v) is 16.7. The third-order valence-electron chi connectivity index (χ3n) is 11.7. The maximum atomic E-state index is 13.5. The standard InChI is InChI=1S/C43H49N3O18/c1-15-20(36(53)45-24-26(47)18-10-12-21(16(2)32(18)61-38(24)55)59-40-30(51)28(49)34(57-8)42(4,5)63-40)14-44-23(15)37(54)46-25-27(48)19-11-13-22(17(3)33(19)62-39(25)56)60-41-31(52)29(50)35(58-9)43(6,7)64-41/h10-14,28-31,34-35,40-41,44,47-52H,1-9H3,(H,45,53)(H,46,54)/t28-,29-,30+,31+,34+,35+,40+,41+/m0/s1. The van der Waals surface area contributed by atoms with Gasteiger partial charge in [0.1, 0.15) is 65.0 Å². The average molecular weight is 896 g/mol. The Hall–Kier alpha value is -6.04. The van der Waals surface area contributed by atoms with Crippen molar-refractivity contribution in [1.82, 2.24) is 4.98 Å². The lowest BCUT2D eigenvalue weighted by atomic mass is 9.89. The Labute approximate surface area is 363 Å². The number of anilines is 2. The highest BCUT2D eigenvalue weighted by molar-refractivity contribution is 6.11. The summed E-state index contributed by atoms with van der Waals surface area (Å²) in [5.74, 6) is -3.02. The number of aliphatic hydroxyl groups excluding tert-OH is 4. The maximum absolute atomic E-state index is 13.5. The van der Waals surface area contributed by atoms with Gasteiger partial charge in [0, 0.05) is 31.5 Å². The van der Waals surface area contributed by atoms with Gasteiger partial charge in [0.2, 0.25) is 12.6 Å². The van der Waals surface area contributed by atoms with Crippen molar-refractivity contribution < 1.29 is 77.5 Å². The van der Waals surface area contributed by atoms with E-state index in [4.69, 9.17) is 37.3 Å². The molecule has 7 rings (SSSR count). The Balaban J connectivity index is 1.07. The van der Waals surface area contributed by atoms with Crippen molar-refractivity contribution in [3.63, 3.8) is 0 Å². The number of aromatic nitrogens is 1. The fourth-order valence-corrected chi connectivity index (χ4v) is 8.19. The largest absolute Gasteiger partial charge is 0.505 e. The van der Waals surface area contributed by atoms with Crippen LogP contribution in [0.15, 0.2) is 48.9 Å².